The van der Waals surface area contributed by atoms with Crippen LogP contribution in [0.2, 0.25) is 0 Å². The predicted octanol–water partition coefficient (Wildman–Crippen LogP) is 4.29. The lowest BCUT2D eigenvalue weighted by molar-refractivity contribution is 0.371. The second-order valence-electron chi connectivity index (χ2n) is 5.47. The lowest BCUT2D eigenvalue weighted by Gasteiger charge is -2.20. The second-order valence-corrected chi connectivity index (χ2v) is 7.12. The average Bonchev–Trinajstić information content (AvgIpc) is 2.34. The van der Waals surface area contributed by atoms with Crippen molar-refractivity contribution in [3.05, 3.63) is 35.4 Å². The molecule has 0 saturated heterocycles. The topological polar surface area (TPSA) is 57.5 Å². The van der Waals surface area contributed by atoms with E-state index in [2.05, 4.69) is 20.8 Å². The Morgan fingerprint density at radius 1 is 1.16 bits per heavy atom. The first-order valence-corrected chi connectivity index (χ1v) is 8.76. The minimum absolute atomic E-state index is 0.174. The highest BCUT2D eigenvalue weighted by molar-refractivity contribution is 7.50. The van der Waals surface area contributed by atoms with Crippen molar-refractivity contribution >= 4 is 7.60 Å². The quantitative estimate of drug-likeness (QED) is 0.734. The number of rotatable bonds is 7. The fourth-order valence-electron chi connectivity index (χ4n) is 2.27. The second kappa shape index (κ2) is 7.23. The van der Waals surface area contributed by atoms with Gasteiger partial charge in [0.1, 0.15) is 0 Å². The van der Waals surface area contributed by atoms with Gasteiger partial charge < -0.3 is 9.79 Å². The van der Waals surface area contributed by atoms with Crippen molar-refractivity contribution in [2.45, 2.75) is 52.1 Å². The Morgan fingerprint density at radius 3 is 2.21 bits per heavy atom. The average molecular weight is 284 g/mol. The minimum Gasteiger partial charge on any atom is -0.324 e. The third-order valence-electron chi connectivity index (χ3n) is 3.76. The van der Waals surface area contributed by atoms with E-state index in [0.717, 1.165) is 0 Å². The maximum atomic E-state index is 10.9. The summed E-state index contributed by atoms with van der Waals surface area (Å²) in [7, 11) is -3.96. The van der Waals surface area contributed by atoms with Gasteiger partial charge in [0, 0.05) is 0 Å². The smallest absolute Gasteiger partial charge is 0.324 e. The molecule has 0 saturated carbocycles. The number of benzene rings is 1. The van der Waals surface area contributed by atoms with E-state index in [-0.39, 0.29) is 6.16 Å². The summed E-state index contributed by atoms with van der Waals surface area (Å²) in [4.78, 5) is 17.9. The first kappa shape index (κ1) is 16.4. The largest absolute Gasteiger partial charge is 0.329 e. The fraction of sp³-hybridized carbons (Fsp3) is 0.600. The zero-order valence-electron chi connectivity index (χ0n) is 12.0. The molecule has 1 unspecified atom stereocenters. The Kier molecular flexibility index (Phi) is 6.25. The van der Waals surface area contributed by atoms with Crippen molar-refractivity contribution in [3.63, 3.8) is 0 Å². The molecular formula is C15H25O3P. The SMILES string of the molecule is CCCCC(C)[C@H](C)c1ccc(CP(=O)(O)O)cc1. The van der Waals surface area contributed by atoms with Crippen LogP contribution in [0.4, 0.5) is 0 Å². The Balaban J connectivity index is 2.67. The molecule has 1 aromatic rings. The predicted molar refractivity (Wildman–Crippen MR) is 79.3 cm³/mol. The lowest BCUT2D eigenvalue weighted by Crippen LogP contribution is -2.06. The molecule has 0 fully saturated rings. The van der Waals surface area contributed by atoms with Crippen LogP contribution in [0.5, 0.6) is 0 Å². The van der Waals surface area contributed by atoms with E-state index in [1.807, 2.05) is 24.3 Å². The van der Waals surface area contributed by atoms with Crippen molar-refractivity contribution in [3.8, 4) is 0 Å². The lowest BCUT2D eigenvalue weighted by atomic mass is 9.85. The standard InChI is InChI=1S/C15H25O3P/c1-4-5-6-12(2)13(3)15-9-7-14(8-10-15)11-19(16,17)18/h7-10,12-13H,4-6,11H2,1-3H3,(H2,16,17,18)/t12?,13-/m0/s1. The van der Waals surface area contributed by atoms with Gasteiger partial charge in [0.2, 0.25) is 0 Å². The summed E-state index contributed by atoms with van der Waals surface area (Å²) in [5.41, 5.74) is 1.95. The van der Waals surface area contributed by atoms with E-state index < -0.39 is 7.60 Å². The molecule has 0 aliphatic carbocycles. The van der Waals surface area contributed by atoms with Gasteiger partial charge in [0.05, 0.1) is 6.16 Å². The highest BCUT2D eigenvalue weighted by Crippen LogP contribution is 2.39. The van der Waals surface area contributed by atoms with Crippen LogP contribution in [0.1, 0.15) is 57.1 Å². The van der Waals surface area contributed by atoms with E-state index in [4.69, 9.17) is 9.79 Å². The highest BCUT2D eigenvalue weighted by atomic mass is 31.2. The van der Waals surface area contributed by atoms with Gasteiger partial charge in [-0.2, -0.15) is 0 Å². The van der Waals surface area contributed by atoms with E-state index in [0.29, 0.717) is 17.4 Å². The summed E-state index contributed by atoms with van der Waals surface area (Å²) < 4.78 is 10.9. The molecule has 19 heavy (non-hydrogen) atoms. The van der Waals surface area contributed by atoms with Gasteiger partial charge in [-0.25, -0.2) is 0 Å². The summed E-state index contributed by atoms with van der Waals surface area (Å²) in [6.45, 7) is 6.69. The molecular weight excluding hydrogens is 259 g/mol. The molecule has 0 bridgehead atoms. The molecule has 0 aliphatic rings. The number of unbranched alkanes of at least 4 members (excludes halogenated alkanes) is 1. The van der Waals surface area contributed by atoms with E-state index in [9.17, 15) is 4.57 Å². The van der Waals surface area contributed by atoms with Crippen LogP contribution in [0.25, 0.3) is 0 Å². The third kappa shape index (κ3) is 5.90. The summed E-state index contributed by atoms with van der Waals surface area (Å²) in [6.07, 6.45) is 3.52. The van der Waals surface area contributed by atoms with Gasteiger partial charge in [-0.15, -0.1) is 0 Å². The molecule has 1 rings (SSSR count). The van der Waals surface area contributed by atoms with Gasteiger partial charge in [-0.05, 0) is 23.0 Å². The normalized spacial score (nSPS) is 15.2. The summed E-state index contributed by atoms with van der Waals surface area (Å²) in [6, 6.07) is 7.66. The first-order chi connectivity index (χ1) is 8.83. The van der Waals surface area contributed by atoms with E-state index >= 15 is 0 Å². The van der Waals surface area contributed by atoms with E-state index in [1.54, 1.807) is 0 Å². The monoisotopic (exact) mass is 284 g/mol. The highest BCUT2D eigenvalue weighted by Gasteiger charge is 2.16. The van der Waals surface area contributed by atoms with E-state index in [1.165, 1.54) is 24.8 Å². The third-order valence-corrected chi connectivity index (χ3v) is 4.54. The summed E-state index contributed by atoms with van der Waals surface area (Å²) >= 11 is 0. The van der Waals surface area contributed by atoms with Crippen LogP contribution in [0.3, 0.4) is 0 Å². The van der Waals surface area contributed by atoms with Gasteiger partial charge in [-0.1, -0.05) is 64.3 Å². The zero-order valence-corrected chi connectivity index (χ0v) is 12.9. The maximum Gasteiger partial charge on any atom is 0.329 e. The Hall–Kier alpha value is -0.630. The van der Waals surface area contributed by atoms with Gasteiger partial charge >= 0.3 is 7.60 Å². The Bertz CT molecular complexity index is 422. The molecule has 0 aromatic heterocycles. The van der Waals surface area contributed by atoms with Crippen LogP contribution < -0.4 is 0 Å². The molecule has 0 spiro atoms. The molecule has 3 nitrogen and oxygen atoms in total. The molecule has 0 heterocycles. The minimum atomic E-state index is -3.96. The Labute approximate surface area is 116 Å². The molecule has 0 aliphatic heterocycles. The van der Waals surface area contributed by atoms with Crippen molar-refractivity contribution in [2.24, 2.45) is 5.92 Å². The van der Waals surface area contributed by atoms with Crippen LogP contribution >= 0.6 is 7.60 Å². The molecule has 1 aromatic carbocycles. The maximum absolute atomic E-state index is 10.9. The Morgan fingerprint density at radius 2 is 1.74 bits per heavy atom. The first-order valence-electron chi connectivity index (χ1n) is 6.97. The molecule has 4 heteroatoms. The van der Waals surface area contributed by atoms with Crippen molar-refractivity contribution in [1.82, 2.24) is 0 Å². The van der Waals surface area contributed by atoms with Crippen molar-refractivity contribution in [2.75, 3.05) is 0 Å². The van der Waals surface area contributed by atoms with Crippen LogP contribution in [0, 0.1) is 5.92 Å². The number of hydrogen-bond donors (Lipinski definition) is 2. The zero-order chi connectivity index (χ0) is 14.5. The fourth-order valence-corrected chi connectivity index (χ4v) is 2.96. The molecule has 0 radical (unpaired) electrons. The van der Waals surface area contributed by atoms with Crippen LogP contribution in [-0.2, 0) is 10.7 Å². The van der Waals surface area contributed by atoms with Crippen molar-refractivity contribution < 1.29 is 14.4 Å². The summed E-state index contributed by atoms with van der Waals surface area (Å²) in [5, 5.41) is 0. The number of hydrogen-bond acceptors (Lipinski definition) is 1. The summed E-state index contributed by atoms with van der Waals surface area (Å²) in [5.74, 6) is 1.11. The van der Waals surface area contributed by atoms with Gasteiger partial charge in [-0.3, -0.25) is 4.57 Å². The van der Waals surface area contributed by atoms with Crippen LogP contribution in [-0.4, -0.2) is 9.79 Å². The molecule has 2 N–H and O–H groups in total. The van der Waals surface area contributed by atoms with Crippen molar-refractivity contribution in [1.29, 1.82) is 0 Å². The van der Waals surface area contributed by atoms with Gasteiger partial charge in [0.15, 0.2) is 0 Å². The molecule has 0 amide bonds. The van der Waals surface area contributed by atoms with Gasteiger partial charge in [0.25, 0.3) is 0 Å². The van der Waals surface area contributed by atoms with Crippen LogP contribution in [0.15, 0.2) is 24.3 Å². The molecule has 2 atom stereocenters. The molecule has 108 valence electrons.